The van der Waals surface area contributed by atoms with E-state index in [1.807, 2.05) is 30.3 Å². The van der Waals surface area contributed by atoms with Crippen molar-refractivity contribution in [2.45, 2.75) is 6.10 Å². The minimum Gasteiger partial charge on any atom is -0.496 e. The van der Waals surface area contributed by atoms with Crippen LogP contribution in [0.25, 0.3) is 22.6 Å². The summed E-state index contributed by atoms with van der Waals surface area (Å²) in [5.74, 6) is 0.741. The second-order valence-electron chi connectivity index (χ2n) is 6.24. The highest BCUT2D eigenvalue weighted by Gasteiger charge is 2.15. The zero-order chi connectivity index (χ0) is 19.5. The number of benzene rings is 3. The average molecular weight is 376 g/mol. The van der Waals surface area contributed by atoms with Crippen LogP contribution in [0.2, 0.25) is 0 Å². The van der Waals surface area contributed by atoms with Gasteiger partial charge in [0, 0.05) is 11.1 Å². The van der Waals surface area contributed by atoms with Gasteiger partial charge >= 0.3 is 0 Å². The summed E-state index contributed by atoms with van der Waals surface area (Å²) in [5.41, 5.74) is 3.74. The van der Waals surface area contributed by atoms with Gasteiger partial charge in [-0.3, -0.25) is 0 Å². The van der Waals surface area contributed by atoms with Crippen molar-refractivity contribution in [3.63, 3.8) is 0 Å². The Bertz CT molecular complexity index is 1080. The molecule has 0 saturated heterocycles. The van der Waals surface area contributed by atoms with E-state index in [0.717, 1.165) is 16.7 Å². The lowest BCUT2D eigenvalue weighted by atomic mass is 9.95. The van der Waals surface area contributed by atoms with E-state index in [-0.39, 0.29) is 5.82 Å². The van der Waals surface area contributed by atoms with Crippen LogP contribution in [0.5, 0.6) is 5.75 Å². The summed E-state index contributed by atoms with van der Waals surface area (Å²) < 4.78 is 24.0. The molecule has 28 heavy (non-hydrogen) atoms. The second kappa shape index (κ2) is 7.62. The number of aromatic nitrogens is 2. The van der Waals surface area contributed by atoms with E-state index in [2.05, 4.69) is 10.2 Å². The molecule has 0 aliphatic carbocycles. The summed E-state index contributed by atoms with van der Waals surface area (Å²) >= 11 is 0. The summed E-state index contributed by atoms with van der Waals surface area (Å²) in [6.45, 7) is 0. The van der Waals surface area contributed by atoms with E-state index in [4.69, 9.17) is 9.15 Å². The van der Waals surface area contributed by atoms with Crippen molar-refractivity contribution in [2.75, 3.05) is 7.11 Å². The fourth-order valence-electron chi connectivity index (χ4n) is 3.08. The third-order valence-electron chi connectivity index (χ3n) is 4.51. The number of aliphatic hydroxyl groups is 1. The first-order valence-electron chi connectivity index (χ1n) is 8.64. The zero-order valence-electron chi connectivity index (χ0n) is 15.0. The van der Waals surface area contributed by atoms with Crippen molar-refractivity contribution in [1.29, 1.82) is 0 Å². The van der Waals surface area contributed by atoms with Gasteiger partial charge in [-0.1, -0.05) is 30.3 Å². The summed E-state index contributed by atoms with van der Waals surface area (Å²) in [4.78, 5) is 0. The zero-order valence-corrected chi connectivity index (χ0v) is 15.0. The topological polar surface area (TPSA) is 68.4 Å². The van der Waals surface area contributed by atoms with E-state index in [1.54, 1.807) is 31.4 Å². The van der Waals surface area contributed by atoms with E-state index in [9.17, 15) is 9.50 Å². The van der Waals surface area contributed by atoms with Gasteiger partial charge in [0.25, 0.3) is 0 Å². The van der Waals surface area contributed by atoms with Crippen molar-refractivity contribution in [2.24, 2.45) is 0 Å². The fourth-order valence-corrected chi connectivity index (χ4v) is 3.08. The van der Waals surface area contributed by atoms with Gasteiger partial charge in [-0.25, -0.2) is 4.39 Å². The summed E-state index contributed by atoms with van der Waals surface area (Å²) in [6.07, 6.45) is 0.395. The van der Waals surface area contributed by atoms with Gasteiger partial charge in [0.1, 0.15) is 17.7 Å². The molecule has 1 aromatic heterocycles. The van der Waals surface area contributed by atoms with Gasteiger partial charge in [-0.15, -0.1) is 10.2 Å². The Labute approximate surface area is 161 Å². The smallest absolute Gasteiger partial charge is 0.247 e. The molecule has 0 saturated carbocycles. The van der Waals surface area contributed by atoms with Crippen molar-refractivity contribution in [3.8, 4) is 28.3 Å². The molecule has 0 aliphatic rings. The van der Waals surface area contributed by atoms with Crippen molar-refractivity contribution < 1.29 is 18.7 Å². The van der Waals surface area contributed by atoms with Crippen LogP contribution in [0.4, 0.5) is 4.39 Å². The van der Waals surface area contributed by atoms with Gasteiger partial charge in [0.05, 0.1) is 7.11 Å². The lowest BCUT2D eigenvalue weighted by Gasteiger charge is -2.16. The first-order chi connectivity index (χ1) is 13.7. The van der Waals surface area contributed by atoms with E-state index in [1.165, 1.54) is 18.5 Å². The molecule has 6 heteroatoms. The molecule has 0 radical (unpaired) electrons. The fraction of sp³-hybridized carbons (Fsp3) is 0.0909. The highest BCUT2D eigenvalue weighted by atomic mass is 19.1. The molecule has 1 N–H and O–H groups in total. The summed E-state index contributed by atoms with van der Waals surface area (Å²) in [5, 5.41) is 18.4. The lowest BCUT2D eigenvalue weighted by molar-refractivity contribution is 0.220. The van der Waals surface area contributed by atoms with Crippen molar-refractivity contribution in [3.05, 3.63) is 90.1 Å². The third-order valence-corrected chi connectivity index (χ3v) is 4.51. The Morgan fingerprint density at radius 3 is 2.43 bits per heavy atom. The Morgan fingerprint density at radius 1 is 0.964 bits per heavy atom. The van der Waals surface area contributed by atoms with Crippen molar-refractivity contribution in [1.82, 2.24) is 10.2 Å². The first kappa shape index (κ1) is 17.9. The molecule has 0 amide bonds. The Kier molecular flexibility index (Phi) is 4.87. The highest BCUT2D eigenvalue weighted by Crippen LogP contribution is 2.35. The molecular weight excluding hydrogens is 359 g/mol. The van der Waals surface area contributed by atoms with Gasteiger partial charge in [-0.2, -0.15) is 0 Å². The van der Waals surface area contributed by atoms with Crippen LogP contribution in [-0.4, -0.2) is 22.4 Å². The minimum absolute atomic E-state index is 0.343. The standard InChI is InChI=1S/C22H17FN2O3/c1-27-20-10-7-16(21(26)14-5-8-18(23)9-6-14)12-19(20)15-3-2-4-17(11-15)22-25-24-13-28-22/h2-13,21,26H,1H3. The van der Waals surface area contributed by atoms with Gasteiger partial charge < -0.3 is 14.3 Å². The third kappa shape index (κ3) is 3.50. The quantitative estimate of drug-likeness (QED) is 0.550. The van der Waals surface area contributed by atoms with Crippen molar-refractivity contribution >= 4 is 0 Å². The molecule has 4 aromatic rings. The molecular formula is C22H17FN2O3. The van der Waals surface area contributed by atoms with Gasteiger partial charge in [0.2, 0.25) is 12.3 Å². The van der Waals surface area contributed by atoms with E-state index in [0.29, 0.717) is 22.8 Å². The summed E-state index contributed by atoms with van der Waals surface area (Å²) in [6, 6.07) is 18.9. The summed E-state index contributed by atoms with van der Waals surface area (Å²) in [7, 11) is 1.59. The number of methoxy groups -OCH3 is 1. The molecule has 3 aromatic carbocycles. The van der Waals surface area contributed by atoms with Crippen LogP contribution < -0.4 is 4.74 Å². The Hall–Kier alpha value is -3.51. The highest BCUT2D eigenvalue weighted by molar-refractivity contribution is 5.75. The van der Waals surface area contributed by atoms with Crippen LogP contribution in [0.1, 0.15) is 17.2 Å². The molecule has 5 nitrogen and oxygen atoms in total. The molecule has 1 heterocycles. The number of rotatable bonds is 5. The maximum absolute atomic E-state index is 13.2. The van der Waals surface area contributed by atoms with Crippen LogP contribution in [0.15, 0.2) is 77.5 Å². The molecule has 0 bridgehead atoms. The van der Waals surface area contributed by atoms with Gasteiger partial charge in [0.15, 0.2) is 0 Å². The molecule has 4 rings (SSSR count). The monoisotopic (exact) mass is 376 g/mol. The lowest BCUT2D eigenvalue weighted by Crippen LogP contribution is -2.01. The maximum Gasteiger partial charge on any atom is 0.247 e. The SMILES string of the molecule is COc1ccc(C(O)c2ccc(F)cc2)cc1-c1cccc(-c2nnco2)c1. The number of hydrogen-bond acceptors (Lipinski definition) is 5. The first-order valence-corrected chi connectivity index (χ1v) is 8.64. The molecule has 1 unspecified atom stereocenters. The van der Waals surface area contributed by atoms with Crippen LogP contribution in [-0.2, 0) is 0 Å². The molecule has 0 fully saturated rings. The number of aliphatic hydroxyl groups excluding tert-OH is 1. The predicted molar refractivity (Wildman–Crippen MR) is 102 cm³/mol. The minimum atomic E-state index is -0.885. The second-order valence-corrected chi connectivity index (χ2v) is 6.24. The Morgan fingerprint density at radius 2 is 1.71 bits per heavy atom. The number of halogens is 1. The van der Waals surface area contributed by atoms with Gasteiger partial charge in [-0.05, 0) is 53.1 Å². The predicted octanol–water partition coefficient (Wildman–Crippen LogP) is 4.63. The molecule has 1 atom stereocenters. The maximum atomic E-state index is 13.2. The van der Waals surface area contributed by atoms with Crippen LogP contribution >= 0.6 is 0 Å². The number of ether oxygens (including phenoxy) is 1. The molecule has 0 spiro atoms. The Balaban J connectivity index is 1.75. The van der Waals surface area contributed by atoms with E-state index < -0.39 is 6.10 Å². The van der Waals surface area contributed by atoms with E-state index >= 15 is 0 Å². The number of nitrogens with zero attached hydrogens (tertiary/aromatic N) is 2. The van der Waals surface area contributed by atoms with Crippen LogP contribution in [0, 0.1) is 5.82 Å². The average Bonchev–Trinajstić information content (AvgIpc) is 3.28. The largest absolute Gasteiger partial charge is 0.496 e. The molecule has 140 valence electrons. The number of hydrogen-bond donors (Lipinski definition) is 1. The molecule has 0 aliphatic heterocycles. The normalized spacial score (nSPS) is 12.0. The van der Waals surface area contributed by atoms with Crippen LogP contribution in [0.3, 0.4) is 0 Å².